The number of carbonyl (C=O) groups is 2. The van der Waals surface area contributed by atoms with E-state index < -0.39 is 0 Å². The van der Waals surface area contributed by atoms with Crippen molar-refractivity contribution in [3.8, 4) is 16.9 Å². The fourth-order valence-corrected chi connectivity index (χ4v) is 5.46. The van der Waals surface area contributed by atoms with Gasteiger partial charge in [-0.2, -0.15) is 0 Å². The van der Waals surface area contributed by atoms with Gasteiger partial charge in [-0.1, -0.05) is 68.4 Å². The van der Waals surface area contributed by atoms with E-state index in [0.29, 0.717) is 31.5 Å². The molecule has 3 aromatic rings. The molecule has 1 unspecified atom stereocenters. The second-order valence-electron chi connectivity index (χ2n) is 11.2. The van der Waals surface area contributed by atoms with Crippen LogP contribution in [0.4, 0.5) is 4.79 Å². The highest BCUT2D eigenvalue weighted by Crippen LogP contribution is 2.47. The molecule has 0 radical (unpaired) electrons. The van der Waals surface area contributed by atoms with E-state index in [1.165, 1.54) is 11.1 Å². The first kappa shape index (κ1) is 26.8. The van der Waals surface area contributed by atoms with Gasteiger partial charge in [0.1, 0.15) is 5.75 Å². The van der Waals surface area contributed by atoms with Crippen molar-refractivity contribution >= 4 is 11.9 Å². The van der Waals surface area contributed by atoms with E-state index in [0.717, 1.165) is 40.8 Å². The van der Waals surface area contributed by atoms with Gasteiger partial charge < -0.3 is 20.3 Å². The molecule has 3 atom stereocenters. The number of fused-ring (bicyclic) bond motifs is 1. The van der Waals surface area contributed by atoms with Gasteiger partial charge in [0.25, 0.3) is 0 Å². The van der Waals surface area contributed by atoms with Crippen LogP contribution in [0.1, 0.15) is 55.4 Å². The van der Waals surface area contributed by atoms with Crippen molar-refractivity contribution in [2.45, 2.75) is 58.7 Å². The van der Waals surface area contributed by atoms with Gasteiger partial charge in [-0.05, 0) is 77.1 Å². The lowest BCUT2D eigenvalue weighted by atomic mass is 9.87. The summed E-state index contributed by atoms with van der Waals surface area (Å²) in [4.78, 5) is 28.1. The highest BCUT2D eigenvalue weighted by Gasteiger charge is 2.43. The van der Waals surface area contributed by atoms with E-state index in [1.54, 1.807) is 7.11 Å². The van der Waals surface area contributed by atoms with Gasteiger partial charge in [0.05, 0.1) is 7.11 Å². The van der Waals surface area contributed by atoms with Crippen molar-refractivity contribution in [1.82, 2.24) is 15.5 Å². The van der Waals surface area contributed by atoms with Crippen molar-refractivity contribution in [2.24, 2.45) is 11.8 Å². The molecular weight excluding hydrogens is 486 g/mol. The van der Waals surface area contributed by atoms with Crippen molar-refractivity contribution in [3.63, 3.8) is 0 Å². The third-order valence-electron chi connectivity index (χ3n) is 8.34. The van der Waals surface area contributed by atoms with Gasteiger partial charge in [0.2, 0.25) is 5.91 Å². The normalized spacial score (nSPS) is 18.7. The molecule has 2 aliphatic rings. The molecule has 0 saturated heterocycles. The number of benzene rings is 3. The average Bonchev–Trinajstić information content (AvgIpc) is 3.77. The molecule has 0 aromatic heterocycles. The molecular formula is C33H39N3O3. The third-order valence-corrected chi connectivity index (χ3v) is 8.34. The molecule has 3 amide bonds. The molecule has 0 bridgehead atoms. The predicted molar refractivity (Wildman–Crippen MR) is 155 cm³/mol. The monoisotopic (exact) mass is 525 g/mol. The van der Waals surface area contributed by atoms with Crippen LogP contribution in [-0.4, -0.2) is 36.5 Å². The van der Waals surface area contributed by atoms with Gasteiger partial charge in [0, 0.05) is 31.6 Å². The largest absolute Gasteiger partial charge is 0.497 e. The number of hydrogen-bond donors (Lipinski definition) is 2. The average molecular weight is 526 g/mol. The maximum absolute atomic E-state index is 13.1. The van der Waals surface area contributed by atoms with Gasteiger partial charge in [-0.3, -0.25) is 4.79 Å². The summed E-state index contributed by atoms with van der Waals surface area (Å²) in [7, 11) is 1.68. The van der Waals surface area contributed by atoms with Crippen LogP contribution in [0, 0.1) is 11.8 Å². The molecule has 3 aromatic carbocycles. The van der Waals surface area contributed by atoms with E-state index in [4.69, 9.17) is 4.74 Å². The van der Waals surface area contributed by atoms with Gasteiger partial charge >= 0.3 is 6.03 Å². The van der Waals surface area contributed by atoms with E-state index in [2.05, 4.69) is 60.9 Å². The molecule has 1 aliphatic heterocycles. The molecule has 2 N–H and O–H groups in total. The van der Waals surface area contributed by atoms with Crippen LogP contribution in [0.15, 0.2) is 66.7 Å². The third kappa shape index (κ3) is 5.95. The SMILES string of the molecule is COc1cccc(-c2ccc(CNC(=O)[C@H]3C[C@@H]3c3ccccc3)c3c2CCN(C(=O)NC(C)C(C)C)C3)c1. The minimum atomic E-state index is -0.0349. The summed E-state index contributed by atoms with van der Waals surface area (Å²) in [6.07, 6.45) is 1.65. The van der Waals surface area contributed by atoms with E-state index in [1.807, 2.05) is 42.2 Å². The Morgan fingerprint density at radius 1 is 1.00 bits per heavy atom. The second-order valence-corrected chi connectivity index (χ2v) is 11.2. The quantitative estimate of drug-likeness (QED) is 0.385. The standard InChI is InChI=1S/C33H39N3O3/c1-21(2)22(3)35-33(38)36-16-15-28-27(24-11-8-12-26(17-24)39-4)14-13-25(31(28)20-36)19-34-32(37)30-18-29(30)23-9-6-5-7-10-23/h5-14,17,21-22,29-30H,15-16,18-20H2,1-4H3,(H,34,37)(H,35,38)/t22?,29-,30+/m1/s1. The molecule has 6 nitrogen and oxygen atoms in total. The smallest absolute Gasteiger partial charge is 0.317 e. The lowest BCUT2D eigenvalue weighted by molar-refractivity contribution is -0.122. The Hall–Kier alpha value is -3.80. The first-order chi connectivity index (χ1) is 18.9. The van der Waals surface area contributed by atoms with Crippen LogP contribution in [0.25, 0.3) is 11.1 Å². The second kappa shape index (κ2) is 11.5. The van der Waals surface area contributed by atoms with Crippen LogP contribution < -0.4 is 15.4 Å². The summed E-state index contributed by atoms with van der Waals surface area (Å²) in [5.74, 6) is 1.61. The highest BCUT2D eigenvalue weighted by molar-refractivity contribution is 5.83. The Balaban J connectivity index is 1.37. The highest BCUT2D eigenvalue weighted by atomic mass is 16.5. The first-order valence-electron chi connectivity index (χ1n) is 14.0. The van der Waals surface area contributed by atoms with Crippen molar-refractivity contribution in [2.75, 3.05) is 13.7 Å². The lowest BCUT2D eigenvalue weighted by Gasteiger charge is -2.33. The molecule has 1 saturated carbocycles. The molecule has 0 spiro atoms. The fraction of sp³-hybridized carbons (Fsp3) is 0.394. The summed E-state index contributed by atoms with van der Waals surface area (Å²) in [6, 6.07) is 22.7. The summed E-state index contributed by atoms with van der Waals surface area (Å²) < 4.78 is 5.47. The molecule has 39 heavy (non-hydrogen) atoms. The summed E-state index contributed by atoms with van der Waals surface area (Å²) in [5, 5.41) is 6.36. The first-order valence-corrected chi connectivity index (χ1v) is 14.0. The molecule has 204 valence electrons. The van der Waals surface area contributed by atoms with Gasteiger partial charge in [-0.15, -0.1) is 0 Å². The molecule has 6 heteroatoms. The summed E-state index contributed by atoms with van der Waals surface area (Å²) in [5.41, 5.74) is 6.91. The molecule has 1 aliphatic carbocycles. The predicted octanol–water partition coefficient (Wildman–Crippen LogP) is 5.89. The number of carbonyl (C=O) groups excluding carboxylic acids is 2. The zero-order valence-corrected chi connectivity index (χ0v) is 23.4. The summed E-state index contributed by atoms with van der Waals surface area (Å²) >= 11 is 0. The Morgan fingerprint density at radius 3 is 2.54 bits per heavy atom. The van der Waals surface area contributed by atoms with Crippen molar-refractivity contribution in [3.05, 3.63) is 89.0 Å². The number of urea groups is 1. The number of amides is 3. The Kier molecular flexibility index (Phi) is 7.92. The topological polar surface area (TPSA) is 70.7 Å². The van der Waals surface area contributed by atoms with Crippen LogP contribution >= 0.6 is 0 Å². The number of ether oxygens (including phenoxy) is 1. The zero-order chi connectivity index (χ0) is 27.5. The molecule has 1 fully saturated rings. The zero-order valence-electron chi connectivity index (χ0n) is 23.4. The summed E-state index contributed by atoms with van der Waals surface area (Å²) in [6.45, 7) is 7.89. The van der Waals surface area contributed by atoms with Gasteiger partial charge in [0.15, 0.2) is 0 Å². The maximum atomic E-state index is 13.1. The minimum absolute atomic E-state index is 0.0269. The van der Waals surface area contributed by atoms with Gasteiger partial charge in [-0.25, -0.2) is 4.79 Å². The van der Waals surface area contributed by atoms with Crippen LogP contribution in [0.3, 0.4) is 0 Å². The van der Waals surface area contributed by atoms with E-state index in [9.17, 15) is 9.59 Å². The number of nitrogens with one attached hydrogen (secondary N) is 2. The minimum Gasteiger partial charge on any atom is -0.497 e. The van der Waals surface area contributed by atoms with E-state index >= 15 is 0 Å². The number of rotatable bonds is 8. The molecule has 5 rings (SSSR count). The number of methoxy groups -OCH3 is 1. The number of nitrogens with zero attached hydrogens (tertiary/aromatic N) is 1. The van der Waals surface area contributed by atoms with Crippen LogP contribution in [-0.2, 0) is 24.3 Å². The fourth-order valence-electron chi connectivity index (χ4n) is 5.46. The Morgan fingerprint density at radius 2 is 1.79 bits per heavy atom. The Labute approximate surface area is 231 Å². The van der Waals surface area contributed by atoms with Crippen molar-refractivity contribution in [1.29, 1.82) is 0 Å². The Bertz CT molecular complexity index is 1340. The maximum Gasteiger partial charge on any atom is 0.317 e. The number of hydrogen-bond acceptors (Lipinski definition) is 3. The van der Waals surface area contributed by atoms with E-state index in [-0.39, 0.29) is 23.9 Å². The van der Waals surface area contributed by atoms with Crippen LogP contribution in [0.2, 0.25) is 0 Å². The molecule has 1 heterocycles. The van der Waals surface area contributed by atoms with Crippen molar-refractivity contribution < 1.29 is 14.3 Å². The van der Waals surface area contributed by atoms with Crippen LogP contribution in [0.5, 0.6) is 5.75 Å². The lowest BCUT2D eigenvalue weighted by Crippen LogP contribution is -2.47.